The molecule has 0 amide bonds. The molecule has 0 spiro atoms. The summed E-state index contributed by atoms with van der Waals surface area (Å²) in [5, 5.41) is 3.63. The minimum absolute atomic E-state index is 0.469. The standard InChI is InChI=1S/C18H29NO/c1-3-15-8-7-9-16(14-15)18(19-4-2)12-11-17-10-5-6-13-20-17/h7-9,14,17-19H,3-6,10-13H2,1-2H3. The zero-order valence-corrected chi connectivity index (χ0v) is 13.0. The van der Waals surface area contributed by atoms with Crippen LogP contribution in [-0.2, 0) is 11.2 Å². The van der Waals surface area contributed by atoms with Crippen LogP contribution in [0.1, 0.15) is 63.1 Å². The van der Waals surface area contributed by atoms with E-state index in [1.54, 1.807) is 0 Å². The second-order valence-corrected chi connectivity index (χ2v) is 5.77. The van der Waals surface area contributed by atoms with Crippen molar-refractivity contribution in [3.63, 3.8) is 0 Å². The first-order chi connectivity index (χ1) is 9.83. The molecule has 1 N–H and O–H groups in total. The highest BCUT2D eigenvalue weighted by Crippen LogP contribution is 2.24. The van der Waals surface area contributed by atoms with Gasteiger partial charge in [0.05, 0.1) is 6.10 Å². The summed E-state index contributed by atoms with van der Waals surface area (Å²) in [5.74, 6) is 0. The van der Waals surface area contributed by atoms with E-state index in [0.29, 0.717) is 12.1 Å². The smallest absolute Gasteiger partial charge is 0.0575 e. The Balaban J connectivity index is 1.94. The number of hydrogen-bond acceptors (Lipinski definition) is 2. The average molecular weight is 275 g/mol. The number of benzene rings is 1. The SMILES string of the molecule is CCNC(CCC1CCCCO1)c1cccc(CC)c1. The Morgan fingerprint density at radius 2 is 2.20 bits per heavy atom. The molecule has 1 aliphatic heterocycles. The molecule has 0 bridgehead atoms. The van der Waals surface area contributed by atoms with Crippen LogP contribution in [0.4, 0.5) is 0 Å². The van der Waals surface area contributed by atoms with Crippen molar-refractivity contribution in [2.75, 3.05) is 13.2 Å². The fraction of sp³-hybridized carbons (Fsp3) is 0.667. The van der Waals surface area contributed by atoms with E-state index in [0.717, 1.165) is 19.6 Å². The molecule has 0 aliphatic carbocycles. The zero-order chi connectivity index (χ0) is 14.2. The van der Waals surface area contributed by atoms with E-state index in [1.807, 2.05) is 0 Å². The van der Waals surface area contributed by atoms with Gasteiger partial charge in [-0.2, -0.15) is 0 Å². The molecule has 0 aromatic heterocycles. The first-order valence-electron chi connectivity index (χ1n) is 8.27. The molecule has 112 valence electrons. The van der Waals surface area contributed by atoms with E-state index in [-0.39, 0.29) is 0 Å². The van der Waals surface area contributed by atoms with Gasteiger partial charge in [0, 0.05) is 12.6 Å². The Morgan fingerprint density at radius 1 is 1.30 bits per heavy atom. The van der Waals surface area contributed by atoms with Crippen LogP contribution in [0, 0.1) is 0 Å². The minimum Gasteiger partial charge on any atom is -0.378 e. The Labute approximate surface area is 123 Å². The molecule has 0 radical (unpaired) electrons. The summed E-state index contributed by atoms with van der Waals surface area (Å²) < 4.78 is 5.86. The highest BCUT2D eigenvalue weighted by atomic mass is 16.5. The van der Waals surface area contributed by atoms with Gasteiger partial charge in [-0.1, -0.05) is 38.1 Å². The minimum atomic E-state index is 0.469. The lowest BCUT2D eigenvalue weighted by Gasteiger charge is -2.25. The molecule has 2 atom stereocenters. The van der Waals surface area contributed by atoms with Crippen LogP contribution < -0.4 is 5.32 Å². The fourth-order valence-electron chi connectivity index (χ4n) is 3.05. The highest BCUT2D eigenvalue weighted by Gasteiger charge is 2.17. The average Bonchev–Trinajstić information content (AvgIpc) is 2.52. The Bertz CT molecular complexity index is 385. The Kier molecular flexibility index (Phi) is 6.55. The summed E-state index contributed by atoms with van der Waals surface area (Å²) in [7, 11) is 0. The van der Waals surface area contributed by atoms with Gasteiger partial charge in [0.2, 0.25) is 0 Å². The number of hydrogen-bond donors (Lipinski definition) is 1. The third kappa shape index (κ3) is 4.60. The Hall–Kier alpha value is -0.860. The zero-order valence-electron chi connectivity index (χ0n) is 13.0. The predicted octanol–water partition coefficient (Wildman–Crippen LogP) is 4.25. The maximum Gasteiger partial charge on any atom is 0.0575 e. The first kappa shape index (κ1) is 15.5. The van der Waals surface area contributed by atoms with E-state index < -0.39 is 0 Å². The van der Waals surface area contributed by atoms with Crippen molar-refractivity contribution < 1.29 is 4.74 Å². The molecule has 1 heterocycles. The maximum atomic E-state index is 5.86. The van der Waals surface area contributed by atoms with Crippen molar-refractivity contribution in [1.29, 1.82) is 0 Å². The van der Waals surface area contributed by atoms with Gasteiger partial charge < -0.3 is 10.1 Å². The molecule has 2 nitrogen and oxygen atoms in total. The van der Waals surface area contributed by atoms with Crippen molar-refractivity contribution in [2.45, 2.75) is 64.5 Å². The molecule has 1 fully saturated rings. The van der Waals surface area contributed by atoms with E-state index >= 15 is 0 Å². The molecule has 0 saturated carbocycles. The van der Waals surface area contributed by atoms with Crippen molar-refractivity contribution in [2.24, 2.45) is 0 Å². The molecule has 2 heteroatoms. The summed E-state index contributed by atoms with van der Waals surface area (Å²) in [6.07, 6.45) is 7.76. The molecule has 1 saturated heterocycles. The fourth-order valence-corrected chi connectivity index (χ4v) is 3.05. The number of rotatable bonds is 7. The van der Waals surface area contributed by atoms with Gasteiger partial charge in [-0.3, -0.25) is 0 Å². The highest BCUT2D eigenvalue weighted by molar-refractivity contribution is 5.26. The van der Waals surface area contributed by atoms with E-state index in [1.165, 1.54) is 43.2 Å². The summed E-state index contributed by atoms with van der Waals surface area (Å²) in [4.78, 5) is 0. The summed E-state index contributed by atoms with van der Waals surface area (Å²) in [6.45, 7) is 6.39. The monoisotopic (exact) mass is 275 g/mol. The van der Waals surface area contributed by atoms with E-state index in [9.17, 15) is 0 Å². The van der Waals surface area contributed by atoms with E-state index in [4.69, 9.17) is 4.74 Å². The van der Waals surface area contributed by atoms with Crippen LogP contribution in [0.3, 0.4) is 0 Å². The number of nitrogens with one attached hydrogen (secondary N) is 1. The van der Waals surface area contributed by atoms with Gasteiger partial charge in [-0.25, -0.2) is 0 Å². The van der Waals surface area contributed by atoms with Crippen LogP contribution in [0.15, 0.2) is 24.3 Å². The molecular weight excluding hydrogens is 246 g/mol. The lowest BCUT2D eigenvalue weighted by molar-refractivity contribution is 0.00856. The van der Waals surface area contributed by atoms with Gasteiger partial charge in [-0.05, 0) is 56.2 Å². The number of aryl methyl sites for hydroxylation is 1. The molecule has 1 aromatic rings. The van der Waals surface area contributed by atoms with Crippen LogP contribution in [0.5, 0.6) is 0 Å². The number of ether oxygens (including phenoxy) is 1. The molecule has 20 heavy (non-hydrogen) atoms. The van der Waals surface area contributed by atoms with Crippen LogP contribution in [0.2, 0.25) is 0 Å². The predicted molar refractivity (Wildman–Crippen MR) is 85.1 cm³/mol. The van der Waals surface area contributed by atoms with Crippen molar-refractivity contribution in [3.05, 3.63) is 35.4 Å². The third-order valence-electron chi connectivity index (χ3n) is 4.26. The third-order valence-corrected chi connectivity index (χ3v) is 4.26. The molecule has 1 aliphatic rings. The topological polar surface area (TPSA) is 21.3 Å². The molecular formula is C18H29NO. The van der Waals surface area contributed by atoms with Gasteiger partial charge in [0.1, 0.15) is 0 Å². The van der Waals surface area contributed by atoms with Crippen LogP contribution in [0.25, 0.3) is 0 Å². The second-order valence-electron chi connectivity index (χ2n) is 5.77. The second kappa shape index (κ2) is 8.43. The van der Waals surface area contributed by atoms with Gasteiger partial charge in [0.15, 0.2) is 0 Å². The van der Waals surface area contributed by atoms with Crippen LogP contribution >= 0.6 is 0 Å². The normalized spacial score (nSPS) is 20.8. The van der Waals surface area contributed by atoms with Gasteiger partial charge in [0.25, 0.3) is 0 Å². The maximum absolute atomic E-state index is 5.86. The first-order valence-corrected chi connectivity index (χ1v) is 8.27. The Morgan fingerprint density at radius 3 is 2.90 bits per heavy atom. The van der Waals surface area contributed by atoms with Crippen molar-refractivity contribution >= 4 is 0 Å². The van der Waals surface area contributed by atoms with Gasteiger partial charge in [-0.15, -0.1) is 0 Å². The summed E-state index contributed by atoms with van der Waals surface area (Å²) >= 11 is 0. The molecule has 1 aromatic carbocycles. The lowest BCUT2D eigenvalue weighted by Crippen LogP contribution is -2.25. The van der Waals surface area contributed by atoms with Crippen LogP contribution in [-0.4, -0.2) is 19.3 Å². The van der Waals surface area contributed by atoms with E-state index in [2.05, 4.69) is 43.4 Å². The largest absolute Gasteiger partial charge is 0.378 e. The lowest BCUT2D eigenvalue weighted by atomic mass is 9.96. The summed E-state index contributed by atoms with van der Waals surface area (Å²) in [5.41, 5.74) is 2.86. The summed E-state index contributed by atoms with van der Waals surface area (Å²) in [6, 6.07) is 9.49. The molecule has 2 rings (SSSR count). The molecule has 2 unspecified atom stereocenters. The quantitative estimate of drug-likeness (QED) is 0.803. The van der Waals surface area contributed by atoms with Crippen molar-refractivity contribution in [3.8, 4) is 0 Å². The van der Waals surface area contributed by atoms with Crippen molar-refractivity contribution in [1.82, 2.24) is 5.32 Å². The van der Waals surface area contributed by atoms with Gasteiger partial charge >= 0.3 is 0 Å².